The highest BCUT2D eigenvalue weighted by molar-refractivity contribution is 5.99. The van der Waals surface area contributed by atoms with Gasteiger partial charge in [-0.15, -0.1) is 0 Å². The van der Waals surface area contributed by atoms with Crippen molar-refractivity contribution in [1.82, 2.24) is 25.0 Å². The van der Waals surface area contributed by atoms with E-state index in [4.69, 9.17) is 4.84 Å². The first-order chi connectivity index (χ1) is 15.9. The first-order valence-electron chi connectivity index (χ1n) is 10.9. The highest BCUT2D eigenvalue weighted by atomic mass is 19.3. The Morgan fingerprint density at radius 2 is 1.91 bits per heavy atom. The molecule has 3 saturated heterocycles. The van der Waals surface area contributed by atoms with Crippen molar-refractivity contribution >= 4 is 23.6 Å². The first-order valence-corrected chi connectivity index (χ1v) is 10.9. The summed E-state index contributed by atoms with van der Waals surface area (Å²) in [6, 6.07) is 1.21. The molecule has 3 aliphatic heterocycles. The Morgan fingerprint density at radius 3 is 2.61 bits per heavy atom. The Bertz CT molecular complexity index is 1030. The average Bonchev–Trinajstić information content (AvgIpc) is 3.44. The summed E-state index contributed by atoms with van der Waals surface area (Å²) in [5.74, 6) is -4.37. The molecule has 12 heteroatoms. The molecule has 2 aromatic heterocycles. The lowest BCUT2D eigenvalue weighted by molar-refractivity contribution is -0.182. The predicted octanol–water partition coefficient (Wildman–Crippen LogP) is 1.76. The van der Waals surface area contributed by atoms with Gasteiger partial charge >= 0.3 is 5.92 Å². The summed E-state index contributed by atoms with van der Waals surface area (Å²) in [7, 11) is 0. The molecular formula is C21H23F2N7O3. The van der Waals surface area contributed by atoms with Crippen LogP contribution in [0.25, 0.3) is 0 Å². The van der Waals surface area contributed by atoms with Crippen molar-refractivity contribution < 1.29 is 23.2 Å². The molecular weight excluding hydrogens is 436 g/mol. The van der Waals surface area contributed by atoms with Gasteiger partial charge in [0.1, 0.15) is 11.9 Å². The van der Waals surface area contributed by atoms with Gasteiger partial charge in [-0.2, -0.15) is 13.8 Å². The normalized spacial score (nSPS) is 23.4. The molecule has 174 valence electrons. The van der Waals surface area contributed by atoms with Gasteiger partial charge in [0.15, 0.2) is 0 Å². The molecule has 3 aliphatic rings. The molecule has 0 N–H and O–H groups in total. The maximum absolute atomic E-state index is 13.6. The Hall–Kier alpha value is -3.28. The number of amides is 2. The lowest BCUT2D eigenvalue weighted by Crippen LogP contribution is -2.42. The maximum Gasteiger partial charge on any atom is 0.326 e. The number of halogens is 2. The number of hydrogen-bond donors (Lipinski definition) is 0. The average molecular weight is 459 g/mol. The van der Waals surface area contributed by atoms with Crippen molar-refractivity contribution in [1.29, 1.82) is 0 Å². The second kappa shape index (κ2) is 8.58. The first kappa shape index (κ1) is 21.6. The Morgan fingerprint density at radius 1 is 1.09 bits per heavy atom. The zero-order valence-electron chi connectivity index (χ0n) is 17.8. The molecule has 3 fully saturated rings. The predicted molar refractivity (Wildman–Crippen MR) is 111 cm³/mol. The van der Waals surface area contributed by atoms with Gasteiger partial charge in [0.2, 0.25) is 11.9 Å². The quantitative estimate of drug-likeness (QED) is 0.681. The molecule has 5 heterocycles. The Kier molecular flexibility index (Phi) is 5.60. The highest BCUT2D eigenvalue weighted by Gasteiger charge is 2.49. The second-order valence-electron chi connectivity index (χ2n) is 8.32. The lowest BCUT2D eigenvalue weighted by Gasteiger charge is -2.34. The third-order valence-corrected chi connectivity index (χ3v) is 6.29. The van der Waals surface area contributed by atoms with E-state index in [1.807, 2.05) is 4.90 Å². The van der Waals surface area contributed by atoms with Gasteiger partial charge < -0.3 is 4.90 Å². The number of carbonyl (C=O) groups is 2. The van der Waals surface area contributed by atoms with Crippen molar-refractivity contribution in [2.45, 2.75) is 37.6 Å². The number of anilines is 2. The van der Waals surface area contributed by atoms with E-state index in [1.54, 1.807) is 18.6 Å². The largest absolute Gasteiger partial charge is 0.341 e. The van der Waals surface area contributed by atoms with E-state index in [0.717, 1.165) is 4.90 Å². The summed E-state index contributed by atoms with van der Waals surface area (Å²) < 4.78 is 27.2. The van der Waals surface area contributed by atoms with Gasteiger partial charge in [-0.05, 0) is 18.9 Å². The van der Waals surface area contributed by atoms with Crippen LogP contribution in [0.4, 0.5) is 20.5 Å². The second-order valence-corrected chi connectivity index (χ2v) is 8.32. The van der Waals surface area contributed by atoms with Gasteiger partial charge in [-0.3, -0.25) is 29.3 Å². The number of hydrogen-bond acceptors (Lipinski definition) is 8. The fourth-order valence-electron chi connectivity index (χ4n) is 4.46. The minimum atomic E-state index is -3.36. The number of rotatable bonds is 4. The topological polar surface area (TPSA) is 105 Å². The van der Waals surface area contributed by atoms with Crippen LogP contribution in [0.15, 0.2) is 30.9 Å². The van der Waals surface area contributed by atoms with E-state index in [-0.39, 0.29) is 30.2 Å². The fraction of sp³-hybridized carbons (Fsp3) is 0.524. The van der Waals surface area contributed by atoms with E-state index in [9.17, 15) is 18.4 Å². The summed E-state index contributed by atoms with van der Waals surface area (Å²) in [6.45, 7) is 1.41. The van der Waals surface area contributed by atoms with Crippen molar-refractivity contribution in [3.63, 3.8) is 0 Å². The van der Waals surface area contributed by atoms with E-state index in [2.05, 4.69) is 19.9 Å². The lowest BCUT2D eigenvalue weighted by atomic mass is 9.95. The van der Waals surface area contributed by atoms with E-state index < -0.39 is 18.3 Å². The highest BCUT2D eigenvalue weighted by Crippen LogP contribution is 2.34. The van der Waals surface area contributed by atoms with Gasteiger partial charge in [0, 0.05) is 57.0 Å². The molecule has 0 bridgehead atoms. The minimum Gasteiger partial charge on any atom is -0.341 e. The third kappa shape index (κ3) is 4.10. The number of alkyl halides is 2. The van der Waals surface area contributed by atoms with Crippen molar-refractivity contribution in [3.05, 3.63) is 36.5 Å². The molecule has 0 aliphatic carbocycles. The van der Waals surface area contributed by atoms with Crippen LogP contribution in [-0.4, -0.2) is 69.0 Å². The third-order valence-electron chi connectivity index (χ3n) is 6.29. The minimum absolute atomic E-state index is 0.0811. The molecule has 0 unspecified atom stereocenters. The Labute approximate surface area is 188 Å². The monoisotopic (exact) mass is 459 g/mol. The molecule has 0 spiro atoms. The summed E-state index contributed by atoms with van der Waals surface area (Å²) in [5, 5.41) is 1.43. The maximum atomic E-state index is 13.6. The molecule has 5 rings (SSSR count). The zero-order valence-corrected chi connectivity index (χ0v) is 17.8. The van der Waals surface area contributed by atoms with E-state index in [1.165, 1.54) is 17.3 Å². The van der Waals surface area contributed by atoms with Crippen LogP contribution >= 0.6 is 0 Å². The molecule has 10 nitrogen and oxygen atoms in total. The molecule has 0 saturated carbocycles. The summed E-state index contributed by atoms with van der Waals surface area (Å²) in [6.07, 6.45) is 7.57. The zero-order chi connectivity index (χ0) is 23.0. The molecule has 0 radical (unpaired) electrons. The van der Waals surface area contributed by atoms with Gasteiger partial charge in [-0.1, -0.05) is 0 Å². The van der Waals surface area contributed by atoms with E-state index in [0.29, 0.717) is 50.6 Å². The fourth-order valence-corrected chi connectivity index (χ4v) is 4.46. The molecule has 1 atom stereocenters. The van der Waals surface area contributed by atoms with Crippen LogP contribution in [0.2, 0.25) is 0 Å². The summed E-state index contributed by atoms with van der Waals surface area (Å²) in [4.78, 5) is 50.6. The van der Waals surface area contributed by atoms with Gasteiger partial charge in [0.05, 0.1) is 18.5 Å². The Balaban J connectivity index is 1.23. The number of piperidine rings is 1. The smallest absolute Gasteiger partial charge is 0.326 e. The van der Waals surface area contributed by atoms with Crippen LogP contribution in [0.5, 0.6) is 0 Å². The van der Waals surface area contributed by atoms with E-state index >= 15 is 0 Å². The number of hydroxylamine groups is 2. The van der Waals surface area contributed by atoms with Crippen LogP contribution in [0.1, 0.15) is 37.4 Å². The summed E-state index contributed by atoms with van der Waals surface area (Å²) >= 11 is 0. The standard InChI is InChI=1S/C21H23F2N7O3/c22-21(23)5-11-29(19(21)32)17-1-6-26-20(27-17)28-9-2-14(3-10-28)18(31)30-16(4-12-33-30)15-13-24-7-8-25-15/h1,6-8,13-14,16H,2-5,9-12H2/t16-/m0/s1. The molecule has 33 heavy (non-hydrogen) atoms. The van der Waals surface area contributed by atoms with Crippen molar-refractivity contribution in [2.75, 3.05) is 36.0 Å². The number of carbonyl (C=O) groups excluding carboxylic acids is 2. The van der Waals surface area contributed by atoms with Crippen LogP contribution < -0.4 is 9.80 Å². The van der Waals surface area contributed by atoms with Crippen molar-refractivity contribution in [2.24, 2.45) is 5.92 Å². The molecule has 2 amide bonds. The molecule has 0 aromatic carbocycles. The van der Waals surface area contributed by atoms with Gasteiger partial charge in [0.25, 0.3) is 5.91 Å². The van der Waals surface area contributed by atoms with Crippen LogP contribution in [0.3, 0.4) is 0 Å². The number of aromatic nitrogens is 4. The SMILES string of the molecule is O=C(C1CCN(c2nccc(N3CCC(F)(F)C3=O)n2)CC1)N1OCC[C@H]1c1cnccn1. The summed E-state index contributed by atoms with van der Waals surface area (Å²) in [5.41, 5.74) is 0.702. The number of nitrogens with zero attached hydrogens (tertiary/aromatic N) is 7. The van der Waals surface area contributed by atoms with Crippen LogP contribution in [0, 0.1) is 5.92 Å². The molecule has 2 aromatic rings. The van der Waals surface area contributed by atoms with Crippen LogP contribution in [-0.2, 0) is 14.4 Å². The van der Waals surface area contributed by atoms with Crippen molar-refractivity contribution in [3.8, 4) is 0 Å². The van der Waals surface area contributed by atoms with Gasteiger partial charge in [-0.25, -0.2) is 10.0 Å².